The van der Waals surface area contributed by atoms with Gasteiger partial charge in [0, 0.05) is 12.1 Å². The highest BCUT2D eigenvalue weighted by atomic mass is 16.2. The third-order valence-corrected chi connectivity index (χ3v) is 8.68. The molecular weight excluding hydrogens is 456 g/mol. The molecule has 0 radical (unpaired) electrons. The number of para-hydroxylation sites is 1. The van der Waals surface area contributed by atoms with Crippen LogP contribution in [0.5, 0.6) is 0 Å². The number of hydrogen-bond donors (Lipinski definition) is 0. The van der Waals surface area contributed by atoms with Crippen LogP contribution in [0.2, 0.25) is 0 Å². The van der Waals surface area contributed by atoms with E-state index in [0.29, 0.717) is 5.69 Å². The van der Waals surface area contributed by atoms with E-state index < -0.39 is 17.3 Å². The summed E-state index contributed by atoms with van der Waals surface area (Å²) in [5.41, 5.74) is 7.32. The zero-order chi connectivity index (χ0) is 25.3. The Bertz CT molecular complexity index is 1570. The Labute approximate surface area is 216 Å². The van der Waals surface area contributed by atoms with E-state index in [1.807, 2.05) is 72.9 Å². The molecule has 4 nitrogen and oxygen atoms in total. The minimum atomic E-state index is -0.848. The lowest BCUT2D eigenvalue weighted by molar-refractivity contribution is -0.122. The summed E-state index contributed by atoms with van der Waals surface area (Å²) in [6.07, 6.45) is 1.97. The fourth-order valence-corrected chi connectivity index (χ4v) is 6.93. The van der Waals surface area contributed by atoms with Crippen molar-refractivity contribution in [2.24, 2.45) is 16.8 Å². The van der Waals surface area contributed by atoms with Crippen LogP contribution < -0.4 is 4.90 Å². The number of anilines is 1. The second-order valence-electron chi connectivity index (χ2n) is 10.3. The monoisotopic (exact) mass is 482 g/mol. The van der Waals surface area contributed by atoms with Gasteiger partial charge in [0.2, 0.25) is 11.8 Å². The quantitative estimate of drug-likeness (QED) is 0.256. The van der Waals surface area contributed by atoms with Gasteiger partial charge in [0.15, 0.2) is 0 Å². The summed E-state index contributed by atoms with van der Waals surface area (Å²) in [6.45, 7) is 4.15. The Morgan fingerprint density at radius 2 is 1.35 bits per heavy atom. The molecule has 0 unspecified atom stereocenters. The lowest BCUT2D eigenvalue weighted by Gasteiger charge is -2.52. The number of rotatable bonds is 3. The van der Waals surface area contributed by atoms with Crippen molar-refractivity contribution < 1.29 is 9.59 Å². The van der Waals surface area contributed by atoms with Gasteiger partial charge in [-0.2, -0.15) is 0 Å². The van der Waals surface area contributed by atoms with Crippen LogP contribution in [0.1, 0.15) is 39.3 Å². The van der Waals surface area contributed by atoms with Crippen molar-refractivity contribution in [1.29, 1.82) is 0 Å². The van der Waals surface area contributed by atoms with Crippen LogP contribution in [0.25, 0.3) is 0 Å². The summed E-state index contributed by atoms with van der Waals surface area (Å²) in [6, 6.07) is 32.0. The molecular formula is C33H26N2O2. The average Bonchev–Trinajstić information content (AvgIpc) is 3.21. The number of hydrogen-bond acceptors (Lipinski definition) is 3. The number of amides is 2. The van der Waals surface area contributed by atoms with E-state index in [1.165, 1.54) is 10.5 Å². The van der Waals surface area contributed by atoms with Crippen LogP contribution in [-0.2, 0) is 15.0 Å². The van der Waals surface area contributed by atoms with E-state index in [9.17, 15) is 9.59 Å². The number of carbonyl (C=O) groups excluding carboxylic acids is 2. The molecule has 0 aromatic heterocycles. The predicted molar refractivity (Wildman–Crippen MR) is 145 cm³/mol. The third-order valence-electron chi connectivity index (χ3n) is 8.68. The molecule has 1 heterocycles. The molecule has 2 bridgehead atoms. The topological polar surface area (TPSA) is 49.7 Å². The summed E-state index contributed by atoms with van der Waals surface area (Å²) in [7, 11) is 0. The molecule has 0 saturated carbocycles. The van der Waals surface area contributed by atoms with E-state index in [-0.39, 0.29) is 17.7 Å². The Kier molecular flexibility index (Phi) is 4.65. The molecule has 4 aromatic rings. The molecule has 4 aliphatic rings. The Hall–Kier alpha value is -4.31. The van der Waals surface area contributed by atoms with Gasteiger partial charge in [-0.25, -0.2) is 4.90 Å². The number of imide groups is 1. The minimum Gasteiger partial charge on any atom is -0.274 e. The number of carbonyl (C=O) groups is 2. The van der Waals surface area contributed by atoms with Gasteiger partial charge in [-0.1, -0.05) is 78.9 Å². The smallest absolute Gasteiger partial charge is 0.239 e. The van der Waals surface area contributed by atoms with Crippen LogP contribution >= 0.6 is 0 Å². The number of benzene rings is 4. The standard InChI is InChI=1S/C33H26N2O2/c1-20-11-10-18-27(21(20)2)34-19-33-25-16-8-6-14-23(25)28(24-15-7-9-17-26(24)33)29-30(33)32(37)35(31(29)36)22-12-4-3-5-13-22/h3-19,28-30H,1-2H3/t28?,29-,30-,33?/m1/s1. The molecule has 3 aliphatic carbocycles. The average molecular weight is 483 g/mol. The van der Waals surface area contributed by atoms with Gasteiger partial charge < -0.3 is 0 Å². The molecule has 180 valence electrons. The molecule has 1 fully saturated rings. The van der Waals surface area contributed by atoms with E-state index in [4.69, 9.17) is 4.99 Å². The summed E-state index contributed by atoms with van der Waals surface area (Å²) in [4.78, 5) is 35.0. The fraction of sp³-hybridized carbons (Fsp3) is 0.182. The molecule has 37 heavy (non-hydrogen) atoms. The van der Waals surface area contributed by atoms with Crippen molar-refractivity contribution in [1.82, 2.24) is 0 Å². The first kappa shape index (κ1) is 21.9. The van der Waals surface area contributed by atoms with Gasteiger partial charge in [-0.05, 0) is 65.4 Å². The number of aryl methyl sites for hydroxylation is 1. The molecule has 2 amide bonds. The van der Waals surface area contributed by atoms with Crippen molar-refractivity contribution in [2.45, 2.75) is 25.2 Å². The van der Waals surface area contributed by atoms with E-state index in [0.717, 1.165) is 33.5 Å². The zero-order valence-corrected chi connectivity index (χ0v) is 20.8. The molecule has 1 saturated heterocycles. The second kappa shape index (κ2) is 7.84. The largest absolute Gasteiger partial charge is 0.274 e. The number of nitrogens with zero attached hydrogens (tertiary/aromatic N) is 2. The molecule has 2 atom stereocenters. The van der Waals surface area contributed by atoms with E-state index in [1.54, 1.807) is 0 Å². The van der Waals surface area contributed by atoms with Crippen molar-refractivity contribution in [3.63, 3.8) is 0 Å². The molecule has 8 rings (SSSR count). The van der Waals surface area contributed by atoms with Crippen molar-refractivity contribution in [2.75, 3.05) is 4.90 Å². The van der Waals surface area contributed by atoms with Gasteiger partial charge in [0.05, 0.1) is 28.6 Å². The van der Waals surface area contributed by atoms with Crippen LogP contribution in [0.15, 0.2) is 102 Å². The molecule has 0 spiro atoms. The SMILES string of the molecule is Cc1cccc(N=CC23c4ccccc4C(c4ccccc42)[C@H]2C(=O)N(c4ccccc4)C(=O)[C@@H]23)c1C. The lowest BCUT2D eigenvalue weighted by atomic mass is 9.47. The molecule has 4 aromatic carbocycles. The Morgan fingerprint density at radius 1 is 0.730 bits per heavy atom. The third kappa shape index (κ3) is 2.81. The number of aliphatic imine (C=N–C) groups is 1. The highest BCUT2D eigenvalue weighted by molar-refractivity contribution is 6.25. The summed E-state index contributed by atoms with van der Waals surface area (Å²) in [5, 5.41) is 0. The first-order valence-corrected chi connectivity index (χ1v) is 12.8. The van der Waals surface area contributed by atoms with Crippen molar-refractivity contribution in [3.8, 4) is 0 Å². The summed E-state index contributed by atoms with van der Waals surface area (Å²) in [5.74, 6) is -1.49. The minimum absolute atomic E-state index is 0.125. The maximum Gasteiger partial charge on any atom is 0.239 e. The first-order chi connectivity index (χ1) is 18.0. The van der Waals surface area contributed by atoms with Crippen LogP contribution in [0, 0.1) is 25.7 Å². The second-order valence-corrected chi connectivity index (χ2v) is 10.3. The molecule has 1 aliphatic heterocycles. The van der Waals surface area contributed by atoms with E-state index in [2.05, 4.69) is 44.2 Å². The van der Waals surface area contributed by atoms with Gasteiger partial charge in [-0.15, -0.1) is 0 Å². The van der Waals surface area contributed by atoms with Gasteiger partial charge >= 0.3 is 0 Å². The van der Waals surface area contributed by atoms with Crippen molar-refractivity contribution in [3.05, 3.63) is 130 Å². The summed E-state index contributed by atoms with van der Waals surface area (Å²) >= 11 is 0. The predicted octanol–water partition coefficient (Wildman–Crippen LogP) is 6.26. The van der Waals surface area contributed by atoms with E-state index >= 15 is 0 Å². The van der Waals surface area contributed by atoms with Crippen LogP contribution in [0.3, 0.4) is 0 Å². The highest BCUT2D eigenvalue weighted by Crippen LogP contribution is 2.63. The maximum absolute atomic E-state index is 14.3. The normalized spacial score (nSPS) is 25.4. The maximum atomic E-state index is 14.3. The van der Waals surface area contributed by atoms with Gasteiger partial charge in [0.1, 0.15) is 0 Å². The Morgan fingerprint density at radius 3 is 2.03 bits per heavy atom. The zero-order valence-electron chi connectivity index (χ0n) is 20.8. The van der Waals surface area contributed by atoms with Gasteiger partial charge in [-0.3, -0.25) is 14.6 Å². The lowest BCUT2D eigenvalue weighted by Crippen LogP contribution is -2.54. The fourth-order valence-electron chi connectivity index (χ4n) is 6.93. The van der Waals surface area contributed by atoms with Gasteiger partial charge in [0.25, 0.3) is 0 Å². The van der Waals surface area contributed by atoms with Crippen molar-refractivity contribution >= 4 is 29.4 Å². The summed E-state index contributed by atoms with van der Waals surface area (Å²) < 4.78 is 0. The highest BCUT2D eigenvalue weighted by Gasteiger charge is 2.67. The first-order valence-electron chi connectivity index (χ1n) is 12.8. The van der Waals surface area contributed by atoms with Crippen LogP contribution in [0.4, 0.5) is 11.4 Å². The molecule has 0 N–H and O–H groups in total. The van der Waals surface area contributed by atoms with Crippen LogP contribution in [-0.4, -0.2) is 18.0 Å². The Balaban J connectivity index is 1.52. The molecule has 4 heteroatoms.